The lowest BCUT2D eigenvalue weighted by Gasteiger charge is -2.19. The fourth-order valence-corrected chi connectivity index (χ4v) is 5.60. The topological polar surface area (TPSA) is 92.3 Å². The van der Waals surface area contributed by atoms with E-state index < -0.39 is 5.25 Å². The summed E-state index contributed by atoms with van der Waals surface area (Å²) in [5, 5.41) is 20.2. The predicted octanol–water partition coefficient (Wildman–Crippen LogP) is 6.87. The maximum Gasteiger partial charge on any atom is 0.220 e. The van der Waals surface area contributed by atoms with Crippen LogP contribution in [0.25, 0.3) is 5.69 Å². The number of aryl methyl sites for hydroxylation is 2. The van der Waals surface area contributed by atoms with Gasteiger partial charge in [-0.1, -0.05) is 36.0 Å². The molecule has 0 aliphatic rings. The fourth-order valence-electron chi connectivity index (χ4n) is 3.87. The molecule has 4 aromatic rings. The Kier molecular flexibility index (Phi) is 9.01. The zero-order valence-electron chi connectivity index (χ0n) is 21.1. The number of hydrogen-bond acceptors (Lipinski definition) is 7. The number of nitrogens with zero attached hydrogens (tertiary/aromatic N) is 4. The van der Waals surface area contributed by atoms with Gasteiger partial charge in [0, 0.05) is 10.6 Å². The van der Waals surface area contributed by atoms with Gasteiger partial charge < -0.3 is 9.47 Å². The first-order valence-electron chi connectivity index (χ1n) is 11.9. The number of hydrogen-bond donors (Lipinski definition) is 0. The third-order valence-corrected chi connectivity index (χ3v) is 7.39. The molecule has 0 aliphatic carbocycles. The Morgan fingerprint density at radius 3 is 2.55 bits per heavy atom. The molecule has 0 N–H and O–H groups in total. The molecule has 4 rings (SSSR count). The van der Waals surface area contributed by atoms with Crippen molar-refractivity contribution in [1.29, 1.82) is 0 Å². The van der Waals surface area contributed by atoms with Crippen molar-refractivity contribution in [2.45, 2.75) is 37.8 Å². The monoisotopic (exact) mass is 600 g/mol. The minimum Gasteiger partial charge on any atom is -0.490 e. The molecule has 1 aromatic heterocycles. The maximum absolute atomic E-state index is 13.3. The van der Waals surface area contributed by atoms with E-state index in [1.54, 1.807) is 24.3 Å². The highest BCUT2D eigenvalue weighted by Gasteiger charge is 2.26. The number of benzene rings is 3. The Hall–Kier alpha value is -3.44. The van der Waals surface area contributed by atoms with Gasteiger partial charge in [-0.3, -0.25) is 14.7 Å². The molecule has 38 heavy (non-hydrogen) atoms. The van der Waals surface area contributed by atoms with Crippen molar-refractivity contribution < 1.29 is 18.8 Å². The molecule has 0 radical (unpaired) electrons. The summed E-state index contributed by atoms with van der Waals surface area (Å²) >= 11 is 4.83. The van der Waals surface area contributed by atoms with E-state index in [2.05, 4.69) is 26.1 Å². The van der Waals surface area contributed by atoms with Crippen molar-refractivity contribution in [2.75, 3.05) is 13.2 Å². The summed E-state index contributed by atoms with van der Waals surface area (Å²) < 4.78 is 27.6. The van der Waals surface area contributed by atoms with Crippen LogP contribution < -0.4 is 9.47 Å². The summed E-state index contributed by atoms with van der Waals surface area (Å²) in [5.41, 5.74) is 3.43. The van der Waals surface area contributed by atoms with Crippen molar-refractivity contribution >= 4 is 27.7 Å². The summed E-state index contributed by atoms with van der Waals surface area (Å²) in [6.07, 6.45) is 0. The summed E-state index contributed by atoms with van der Waals surface area (Å²) in [6, 6.07) is 17.5. The standard InChI is InChI=1S/C27H26BrFN4O4S/c1-4-36-24-14-20(13-23(28)26(24)37-16-19-8-10-21(29)11-9-19)25(15-32(34)35)38-27-31-30-18(3)33(27)22-7-5-6-17(2)12-22/h5-14,25H,4,15-16H2,1-3H3/t25-/m1/s1. The number of rotatable bonds is 11. The van der Waals surface area contributed by atoms with Crippen LogP contribution >= 0.6 is 27.7 Å². The molecule has 1 heterocycles. The lowest BCUT2D eigenvalue weighted by molar-refractivity contribution is -0.479. The number of nitro groups is 1. The lowest BCUT2D eigenvalue weighted by Crippen LogP contribution is -2.12. The molecule has 0 spiro atoms. The molecule has 11 heteroatoms. The van der Waals surface area contributed by atoms with E-state index in [-0.39, 0.29) is 23.9 Å². The van der Waals surface area contributed by atoms with Gasteiger partial charge >= 0.3 is 0 Å². The summed E-state index contributed by atoms with van der Waals surface area (Å²) in [6.45, 7) is 5.93. The minimum atomic E-state index is -0.584. The van der Waals surface area contributed by atoms with Crippen LogP contribution in [-0.4, -0.2) is 32.8 Å². The Bertz CT molecular complexity index is 1430. The van der Waals surface area contributed by atoms with Crippen molar-refractivity contribution in [3.8, 4) is 17.2 Å². The third kappa shape index (κ3) is 6.70. The van der Waals surface area contributed by atoms with E-state index >= 15 is 0 Å². The van der Waals surface area contributed by atoms with Crippen LogP contribution in [-0.2, 0) is 6.61 Å². The molecular weight excluding hydrogens is 575 g/mol. The molecule has 0 aliphatic heterocycles. The Labute approximate surface area is 232 Å². The summed E-state index contributed by atoms with van der Waals surface area (Å²) in [7, 11) is 0. The molecule has 0 bridgehead atoms. The van der Waals surface area contributed by atoms with Crippen LogP contribution in [0.3, 0.4) is 0 Å². The smallest absolute Gasteiger partial charge is 0.220 e. The van der Waals surface area contributed by atoms with Crippen LogP contribution in [0.15, 0.2) is 70.3 Å². The Balaban J connectivity index is 1.67. The first kappa shape index (κ1) is 27.6. The number of ether oxygens (including phenoxy) is 2. The van der Waals surface area contributed by atoms with E-state index in [0.717, 1.165) is 16.8 Å². The highest BCUT2D eigenvalue weighted by Crippen LogP contribution is 2.43. The van der Waals surface area contributed by atoms with E-state index in [0.29, 0.717) is 39.1 Å². The van der Waals surface area contributed by atoms with Gasteiger partial charge in [0.2, 0.25) is 6.54 Å². The van der Waals surface area contributed by atoms with Gasteiger partial charge in [-0.25, -0.2) is 4.39 Å². The Morgan fingerprint density at radius 1 is 1.11 bits per heavy atom. The van der Waals surface area contributed by atoms with Crippen LogP contribution in [0.2, 0.25) is 0 Å². The normalized spacial score (nSPS) is 11.8. The number of thioether (sulfide) groups is 1. The molecule has 3 aromatic carbocycles. The van der Waals surface area contributed by atoms with Gasteiger partial charge in [0.15, 0.2) is 16.7 Å². The fraction of sp³-hybridized carbons (Fsp3) is 0.259. The highest BCUT2D eigenvalue weighted by atomic mass is 79.9. The van der Waals surface area contributed by atoms with E-state index in [1.807, 2.05) is 49.6 Å². The van der Waals surface area contributed by atoms with Crippen LogP contribution in [0, 0.1) is 29.8 Å². The second kappa shape index (κ2) is 12.4. The van der Waals surface area contributed by atoms with Gasteiger partial charge in [0.1, 0.15) is 23.5 Å². The molecule has 8 nitrogen and oxygen atoms in total. The van der Waals surface area contributed by atoms with Gasteiger partial charge in [0.25, 0.3) is 0 Å². The third-order valence-electron chi connectivity index (χ3n) is 5.62. The summed E-state index contributed by atoms with van der Waals surface area (Å²) in [5.74, 6) is 1.27. The first-order valence-corrected chi connectivity index (χ1v) is 13.5. The maximum atomic E-state index is 13.3. The average Bonchev–Trinajstić information content (AvgIpc) is 3.23. The molecular formula is C27H26BrFN4O4S. The molecule has 0 saturated carbocycles. The van der Waals surface area contributed by atoms with Gasteiger partial charge in [-0.2, -0.15) is 0 Å². The molecule has 0 fully saturated rings. The quantitative estimate of drug-likeness (QED) is 0.105. The largest absolute Gasteiger partial charge is 0.490 e. The summed E-state index contributed by atoms with van der Waals surface area (Å²) in [4.78, 5) is 11.3. The SMILES string of the molecule is CCOc1cc([C@@H](C[N+](=O)[O-])Sc2nnc(C)n2-c2cccc(C)c2)cc(Br)c1OCc1ccc(F)cc1. The van der Waals surface area contributed by atoms with Crippen molar-refractivity contribution in [3.63, 3.8) is 0 Å². The van der Waals surface area contributed by atoms with E-state index in [1.165, 1.54) is 23.9 Å². The molecule has 198 valence electrons. The number of halogens is 2. The molecule has 0 saturated heterocycles. The van der Waals surface area contributed by atoms with Crippen molar-refractivity contribution in [3.05, 3.63) is 104 Å². The van der Waals surface area contributed by atoms with Crippen LogP contribution in [0.5, 0.6) is 11.5 Å². The Morgan fingerprint density at radius 2 is 1.87 bits per heavy atom. The highest BCUT2D eigenvalue weighted by molar-refractivity contribution is 9.10. The first-order chi connectivity index (χ1) is 18.2. The van der Waals surface area contributed by atoms with Gasteiger partial charge in [-0.05, 0) is 89.8 Å². The van der Waals surface area contributed by atoms with Crippen molar-refractivity contribution in [2.24, 2.45) is 0 Å². The minimum absolute atomic E-state index is 0.199. The van der Waals surface area contributed by atoms with Crippen LogP contribution in [0.1, 0.15) is 34.7 Å². The predicted molar refractivity (Wildman–Crippen MR) is 147 cm³/mol. The van der Waals surface area contributed by atoms with Crippen LogP contribution in [0.4, 0.5) is 4.39 Å². The zero-order valence-corrected chi connectivity index (χ0v) is 23.5. The van der Waals surface area contributed by atoms with E-state index in [9.17, 15) is 14.5 Å². The van der Waals surface area contributed by atoms with Gasteiger partial charge in [0.05, 0.1) is 11.1 Å². The second-order valence-electron chi connectivity index (χ2n) is 8.50. The lowest BCUT2D eigenvalue weighted by atomic mass is 10.1. The van der Waals surface area contributed by atoms with Gasteiger partial charge in [-0.15, -0.1) is 10.2 Å². The number of aromatic nitrogens is 3. The van der Waals surface area contributed by atoms with E-state index in [4.69, 9.17) is 9.47 Å². The molecule has 1 atom stereocenters. The van der Waals surface area contributed by atoms with Crippen molar-refractivity contribution in [1.82, 2.24) is 14.8 Å². The zero-order chi connectivity index (χ0) is 27.2. The second-order valence-corrected chi connectivity index (χ2v) is 10.5. The molecule has 0 unspecified atom stereocenters. The molecule has 0 amide bonds. The average molecular weight is 601 g/mol.